The van der Waals surface area contributed by atoms with E-state index in [2.05, 4.69) is 36.3 Å². The first-order chi connectivity index (χ1) is 7.54. The Hall–Kier alpha value is -1.20. The summed E-state index contributed by atoms with van der Waals surface area (Å²) >= 11 is 1.62. The topological polar surface area (TPSA) is 51.0 Å². The third-order valence-electron chi connectivity index (χ3n) is 2.00. The van der Waals surface area contributed by atoms with Crippen molar-refractivity contribution in [3.05, 3.63) is 22.7 Å². The van der Waals surface area contributed by atoms with Gasteiger partial charge in [-0.15, -0.1) is 10.2 Å². The molecule has 0 bridgehead atoms. The zero-order chi connectivity index (χ0) is 11.6. The van der Waals surface area contributed by atoms with Gasteiger partial charge in [0.15, 0.2) is 0 Å². The molecule has 2 aromatic rings. The summed E-state index contributed by atoms with van der Waals surface area (Å²) in [7, 11) is 0. The molecule has 0 saturated heterocycles. The van der Waals surface area contributed by atoms with Gasteiger partial charge < -0.3 is 9.73 Å². The molecule has 16 heavy (non-hydrogen) atoms. The second-order valence-corrected chi connectivity index (χ2v) is 5.40. The Labute approximate surface area is 98.7 Å². The normalized spacial score (nSPS) is 11.9. The minimum Gasteiger partial charge on any atom is -0.419 e. The molecule has 2 aromatic heterocycles. The minimum atomic E-state index is 0.0526. The van der Waals surface area contributed by atoms with E-state index in [-0.39, 0.29) is 5.54 Å². The summed E-state index contributed by atoms with van der Waals surface area (Å²) in [5.74, 6) is 1.21. The van der Waals surface area contributed by atoms with Crippen molar-refractivity contribution in [3.63, 3.8) is 0 Å². The van der Waals surface area contributed by atoms with Gasteiger partial charge in [-0.1, -0.05) is 0 Å². The Morgan fingerprint density at radius 3 is 2.81 bits per heavy atom. The molecule has 86 valence electrons. The summed E-state index contributed by atoms with van der Waals surface area (Å²) in [4.78, 5) is 0. The third kappa shape index (κ3) is 2.90. The molecule has 2 rings (SSSR count). The Kier molecular flexibility index (Phi) is 3.07. The van der Waals surface area contributed by atoms with Gasteiger partial charge in [-0.05, 0) is 32.2 Å². The first-order valence-corrected chi connectivity index (χ1v) is 6.09. The first-order valence-electron chi connectivity index (χ1n) is 5.14. The monoisotopic (exact) mass is 237 g/mol. The van der Waals surface area contributed by atoms with Crippen LogP contribution in [-0.2, 0) is 6.54 Å². The van der Waals surface area contributed by atoms with Gasteiger partial charge in [-0.2, -0.15) is 11.3 Å². The maximum atomic E-state index is 5.55. The quantitative estimate of drug-likeness (QED) is 0.891. The van der Waals surface area contributed by atoms with Crippen LogP contribution in [0.4, 0.5) is 0 Å². The molecule has 0 unspecified atom stereocenters. The van der Waals surface area contributed by atoms with Gasteiger partial charge in [0.2, 0.25) is 11.8 Å². The average molecular weight is 237 g/mol. The molecular formula is C11H15N3OS. The summed E-state index contributed by atoms with van der Waals surface area (Å²) in [5, 5.41) is 15.3. The molecular weight excluding hydrogens is 222 g/mol. The minimum absolute atomic E-state index is 0.0526. The number of hydrogen-bond donors (Lipinski definition) is 1. The van der Waals surface area contributed by atoms with Gasteiger partial charge in [-0.25, -0.2) is 0 Å². The van der Waals surface area contributed by atoms with Crippen molar-refractivity contribution < 1.29 is 4.42 Å². The Morgan fingerprint density at radius 2 is 2.19 bits per heavy atom. The number of aromatic nitrogens is 2. The molecule has 0 spiro atoms. The van der Waals surface area contributed by atoms with E-state index < -0.39 is 0 Å². The maximum absolute atomic E-state index is 5.55. The number of hydrogen-bond acceptors (Lipinski definition) is 5. The largest absolute Gasteiger partial charge is 0.419 e. The van der Waals surface area contributed by atoms with Crippen molar-refractivity contribution in [2.75, 3.05) is 0 Å². The maximum Gasteiger partial charge on any atom is 0.248 e. The molecule has 0 aliphatic carbocycles. The summed E-state index contributed by atoms with van der Waals surface area (Å²) in [6.07, 6.45) is 0. The highest BCUT2D eigenvalue weighted by atomic mass is 32.1. The van der Waals surface area contributed by atoms with E-state index in [4.69, 9.17) is 4.42 Å². The number of rotatable bonds is 3. The highest BCUT2D eigenvalue weighted by Gasteiger charge is 2.12. The van der Waals surface area contributed by atoms with Gasteiger partial charge in [0.05, 0.1) is 6.54 Å². The van der Waals surface area contributed by atoms with E-state index in [1.165, 1.54) is 0 Å². The van der Waals surface area contributed by atoms with Crippen LogP contribution in [0.5, 0.6) is 0 Å². The van der Waals surface area contributed by atoms with Crippen LogP contribution >= 0.6 is 11.3 Å². The molecule has 0 radical (unpaired) electrons. The number of nitrogens with zero attached hydrogens (tertiary/aromatic N) is 2. The van der Waals surface area contributed by atoms with E-state index >= 15 is 0 Å². The third-order valence-corrected chi connectivity index (χ3v) is 2.69. The van der Waals surface area contributed by atoms with Crippen molar-refractivity contribution in [1.82, 2.24) is 15.5 Å². The van der Waals surface area contributed by atoms with Crippen LogP contribution in [-0.4, -0.2) is 15.7 Å². The second kappa shape index (κ2) is 4.35. The zero-order valence-electron chi connectivity index (χ0n) is 9.65. The van der Waals surface area contributed by atoms with E-state index in [0.29, 0.717) is 18.3 Å². The fourth-order valence-corrected chi connectivity index (χ4v) is 1.80. The fourth-order valence-electron chi connectivity index (χ4n) is 1.17. The average Bonchev–Trinajstić information content (AvgIpc) is 2.84. The van der Waals surface area contributed by atoms with E-state index in [1.807, 2.05) is 16.8 Å². The van der Waals surface area contributed by atoms with Crippen molar-refractivity contribution in [2.45, 2.75) is 32.9 Å². The van der Waals surface area contributed by atoms with Crippen LogP contribution in [0.25, 0.3) is 11.5 Å². The predicted octanol–water partition coefficient (Wildman–Crippen LogP) is 2.69. The fraction of sp³-hybridized carbons (Fsp3) is 0.455. The van der Waals surface area contributed by atoms with Crippen molar-refractivity contribution in [1.29, 1.82) is 0 Å². The van der Waals surface area contributed by atoms with Gasteiger partial charge >= 0.3 is 0 Å². The van der Waals surface area contributed by atoms with Crippen LogP contribution in [0.15, 0.2) is 21.2 Å². The summed E-state index contributed by atoms with van der Waals surface area (Å²) in [6, 6.07) is 1.97. The standard InChI is InChI=1S/C11H15N3OS/c1-11(2,3)12-6-9-13-14-10(15-9)8-4-5-16-7-8/h4-5,7,12H,6H2,1-3H3. The molecule has 0 saturated carbocycles. The van der Waals surface area contributed by atoms with Crippen LogP contribution in [0.3, 0.4) is 0 Å². The van der Waals surface area contributed by atoms with Gasteiger partial charge in [0, 0.05) is 16.5 Å². The molecule has 0 aliphatic rings. The number of nitrogens with one attached hydrogen (secondary N) is 1. The van der Waals surface area contributed by atoms with Crippen LogP contribution in [0.2, 0.25) is 0 Å². The lowest BCUT2D eigenvalue weighted by Gasteiger charge is -2.18. The molecule has 0 fully saturated rings. The molecule has 5 heteroatoms. The number of thiophene rings is 1. The van der Waals surface area contributed by atoms with Crippen LogP contribution in [0.1, 0.15) is 26.7 Å². The lowest BCUT2D eigenvalue weighted by atomic mass is 10.1. The Bertz CT molecular complexity index is 442. The lowest BCUT2D eigenvalue weighted by molar-refractivity contribution is 0.383. The van der Waals surface area contributed by atoms with Crippen LogP contribution < -0.4 is 5.32 Å². The SMILES string of the molecule is CC(C)(C)NCc1nnc(-c2ccsc2)o1. The second-order valence-electron chi connectivity index (χ2n) is 4.62. The van der Waals surface area contributed by atoms with Gasteiger partial charge in [0.1, 0.15) is 0 Å². The van der Waals surface area contributed by atoms with Crippen molar-refractivity contribution in [3.8, 4) is 11.5 Å². The molecule has 1 N–H and O–H groups in total. The summed E-state index contributed by atoms with van der Waals surface area (Å²) in [6.45, 7) is 6.90. The molecule has 0 aromatic carbocycles. The molecule has 0 amide bonds. The molecule has 0 atom stereocenters. The molecule has 0 aliphatic heterocycles. The molecule has 4 nitrogen and oxygen atoms in total. The van der Waals surface area contributed by atoms with E-state index in [9.17, 15) is 0 Å². The van der Waals surface area contributed by atoms with Crippen molar-refractivity contribution in [2.24, 2.45) is 0 Å². The Balaban J connectivity index is 2.03. The summed E-state index contributed by atoms with van der Waals surface area (Å²) in [5.41, 5.74) is 1.04. The summed E-state index contributed by atoms with van der Waals surface area (Å²) < 4.78 is 5.55. The van der Waals surface area contributed by atoms with E-state index in [0.717, 1.165) is 5.56 Å². The van der Waals surface area contributed by atoms with Gasteiger partial charge in [-0.3, -0.25) is 0 Å². The van der Waals surface area contributed by atoms with Crippen molar-refractivity contribution >= 4 is 11.3 Å². The van der Waals surface area contributed by atoms with E-state index in [1.54, 1.807) is 11.3 Å². The lowest BCUT2D eigenvalue weighted by Crippen LogP contribution is -2.35. The highest BCUT2D eigenvalue weighted by Crippen LogP contribution is 2.20. The highest BCUT2D eigenvalue weighted by molar-refractivity contribution is 7.08. The molecule has 2 heterocycles. The predicted molar refractivity (Wildman–Crippen MR) is 64.2 cm³/mol. The smallest absolute Gasteiger partial charge is 0.248 e. The van der Waals surface area contributed by atoms with Crippen LogP contribution in [0, 0.1) is 0 Å². The first kappa shape index (κ1) is 11.3. The Morgan fingerprint density at radius 1 is 1.38 bits per heavy atom. The zero-order valence-corrected chi connectivity index (χ0v) is 10.5. The van der Waals surface area contributed by atoms with Gasteiger partial charge in [0.25, 0.3) is 0 Å².